The molecule has 0 radical (unpaired) electrons. The Morgan fingerprint density at radius 3 is 2.46 bits per heavy atom. The van der Waals surface area contributed by atoms with Gasteiger partial charge in [0.2, 0.25) is 0 Å². The van der Waals surface area contributed by atoms with Crippen LogP contribution < -0.4 is 5.32 Å². The van der Waals surface area contributed by atoms with E-state index in [0.29, 0.717) is 19.8 Å². The molecule has 6 nitrogen and oxygen atoms in total. The minimum absolute atomic E-state index is 0.317. The quantitative estimate of drug-likeness (QED) is 0.641. The lowest BCUT2D eigenvalue weighted by molar-refractivity contribution is -0.169. The number of imide groups is 1. The summed E-state index contributed by atoms with van der Waals surface area (Å²) in [6.45, 7) is 8.89. The average molecular weight is 334 g/mol. The summed E-state index contributed by atoms with van der Waals surface area (Å²) in [5.74, 6) is -0.317. The lowest BCUT2D eigenvalue weighted by Gasteiger charge is -2.46. The zero-order valence-electron chi connectivity index (χ0n) is 14.7. The predicted molar refractivity (Wildman–Crippen MR) is 90.5 cm³/mol. The highest BCUT2D eigenvalue weighted by Crippen LogP contribution is 2.37. The van der Waals surface area contributed by atoms with Gasteiger partial charge in [0.05, 0.1) is 13.2 Å². The van der Waals surface area contributed by atoms with E-state index in [1.165, 1.54) is 4.90 Å². The first-order valence-electron chi connectivity index (χ1n) is 8.24. The molecule has 3 amide bonds. The fourth-order valence-corrected chi connectivity index (χ4v) is 2.58. The molecule has 24 heavy (non-hydrogen) atoms. The van der Waals surface area contributed by atoms with Gasteiger partial charge in [0, 0.05) is 12.1 Å². The SMILES string of the molecule is CCOCCO[C@H]1C(=O)N(C(=O)NC(C)(C)C)[C@H]1c1ccccc1. The molecule has 132 valence electrons. The van der Waals surface area contributed by atoms with Crippen molar-refractivity contribution in [2.24, 2.45) is 0 Å². The van der Waals surface area contributed by atoms with Crippen LogP contribution in [-0.2, 0) is 14.3 Å². The van der Waals surface area contributed by atoms with Crippen molar-refractivity contribution < 1.29 is 19.1 Å². The van der Waals surface area contributed by atoms with Crippen molar-refractivity contribution >= 4 is 11.9 Å². The molecule has 1 saturated heterocycles. The number of ether oxygens (including phenoxy) is 2. The van der Waals surface area contributed by atoms with Gasteiger partial charge in [0.25, 0.3) is 5.91 Å². The van der Waals surface area contributed by atoms with E-state index in [9.17, 15) is 9.59 Å². The molecular weight excluding hydrogens is 308 g/mol. The summed E-state index contributed by atoms with van der Waals surface area (Å²) in [5.41, 5.74) is 0.460. The van der Waals surface area contributed by atoms with Crippen LogP contribution in [0.3, 0.4) is 0 Å². The van der Waals surface area contributed by atoms with Gasteiger partial charge < -0.3 is 14.8 Å². The second-order valence-electron chi connectivity index (χ2n) is 6.73. The number of β-lactam (4-membered cyclic amide) rings is 1. The molecule has 0 unspecified atom stereocenters. The van der Waals surface area contributed by atoms with Gasteiger partial charge in [-0.3, -0.25) is 9.69 Å². The lowest BCUT2D eigenvalue weighted by atomic mass is 9.91. The van der Waals surface area contributed by atoms with Crippen LogP contribution in [0.4, 0.5) is 4.79 Å². The molecule has 2 rings (SSSR count). The van der Waals surface area contributed by atoms with E-state index in [0.717, 1.165) is 5.56 Å². The van der Waals surface area contributed by atoms with Crippen LogP contribution in [0.2, 0.25) is 0 Å². The Kier molecular flexibility index (Phi) is 5.96. The molecule has 1 aliphatic rings. The number of nitrogens with zero attached hydrogens (tertiary/aromatic N) is 1. The third-order valence-corrected chi connectivity index (χ3v) is 3.62. The molecular formula is C18H26N2O4. The van der Waals surface area contributed by atoms with E-state index in [1.807, 2.05) is 58.0 Å². The Morgan fingerprint density at radius 2 is 1.88 bits per heavy atom. The molecule has 1 fully saturated rings. The molecule has 2 atom stereocenters. The Hall–Kier alpha value is -1.92. The van der Waals surface area contributed by atoms with E-state index in [2.05, 4.69) is 5.32 Å². The van der Waals surface area contributed by atoms with Crippen LogP contribution in [0, 0.1) is 0 Å². The minimum atomic E-state index is -0.654. The van der Waals surface area contributed by atoms with Crippen molar-refractivity contribution in [3.8, 4) is 0 Å². The maximum Gasteiger partial charge on any atom is 0.325 e. The van der Waals surface area contributed by atoms with Crippen molar-refractivity contribution in [1.29, 1.82) is 0 Å². The zero-order valence-corrected chi connectivity index (χ0v) is 14.7. The summed E-state index contributed by atoms with van der Waals surface area (Å²) in [5, 5.41) is 2.83. The molecule has 0 spiro atoms. The summed E-state index contributed by atoms with van der Waals surface area (Å²) in [6.07, 6.45) is -0.654. The molecule has 1 aromatic carbocycles. The third-order valence-electron chi connectivity index (χ3n) is 3.62. The summed E-state index contributed by atoms with van der Waals surface area (Å²) < 4.78 is 10.9. The molecule has 0 aliphatic carbocycles. The molecule has 1 aliphatic heterocycles. The Balaban J connectivity index is 2.12. The van der Waals surface area contributed by atoms with E-state index >= 15 is 0 Å². The van der Waals surface area contributed by atoms with E-state index in [-0.39, 0.29) is 5.91 Å². The highest BCUT2D eigenvalue weighted by atomic mass is 16.5. The summed E-state index contributed by atoms with van der Waals surface area (Å²) in [6, 6.07) is 8.65. The monoisotopic (exact) mass is 334 g/mol. The van der Waals surface area contributed by atoms with E-state index in [4.69, 9.17) is 9.47 Å². The fourth-order valence-electron chi connectivity index (χ4n) is 2.58. The van der Waals surface area contributed by atoms with Gasteiger partial charge in [0.1, 0.15) is 6.04 Å². The number of amides is 3. The largest absolute Gasteiger partial charge is 0.379 e. The number of carbonyl (C=O) groups is 2. The van der Waals surface area contributed by atoms with Gasteiger partial charge in [-0.05, 0) is 33.3 Å². The first kappa shape index (κ1) is 18.4. The first-order chi connectivity index (χ1) is 11.3. The van der Waals surface area contributed by atoms with Crippen LogP contribution in [-0.4, -0.2) is 48.3 Å². The Labute approximate surface area is 143 Å². The van der Waals surface area contributed by atoms with Gasteiger partial charge in [-0.1, -0.05) is 30.3 Å². The number of urea groups is 1. The molecule has 1 N–H and O–H groups in total. The molecule has 1 heterocycles. The topological polar surface area (TPSA) is 67.9 Å². The van der Waals surface area contributed by atoms with Crippen molar-refractivity contribution in [3.05, 3.63) is 35.9 Å². The third kappa shape index (κ3) is 4.33. The van der Waals surface area contributed by atoms with Crippen molar-refractivity contribution in [1.82, 2.24) is 10.2 Å². The average Bonchev–Trinajstić information content (AvgIpc) is 2.51. The Bertz CT molecular complexity index is 568. The number of nitrogens with one attached hydrogen (secondary N) is 1. The van der Waals surface area contributed by atoms with Crippen LogP contribution in [0.5, 0.6) is 0 Å². The number of rotatable bonds is 6. The minimum Gasteiger partial charge on any atom is -0.379 e. The number of hydrogen-bond donors (Lipinski definition) is 1. The lowest BCUT2D eigenvalue weighted by Crippen LogP contribution is -2.65. The van der Waals surface area contributed by atoms with Gasteiger partial charge in [0.15, 0.2) is 6.10 Å². The van der Waals surface area contributed by atoms with Crippen molar-refractivity contribution in [3.63, 3.8) is 0 Å². The second-order valence-corrected chi connectivity index (χ2v) is 6.73. The number of carbonyl (C=O) groups excluding carboxylic acids is 2. The predicted octanol–water partition coefficient (Wildman–Crippen LogP) is 2.50. The van der Waals surface area contributed by atoms with Crippen LogP contribution in [0.15, 0.2) is 30.3 Å². The number of likely N-dealkylation sites (tertiary alicyclic amines) is 1. The summed E-state index contributed by atoms with van der Waals surface area (Å²) in [7, 11) is 0. The molecule has 0 aromatic heterocycles. The zero-order chi connectivity index (χ0) is 17.7. The van der Waals surface area contributed by atoms with E-state index in [1.54, 1.807) is 0 Å². The maximum absolute atomic E-state index is 12.5. The van der Waals surface area contributed by atoms with Gasteiger partial charge in [-0.2, -0.15) is 0 Å². The van der Waals surface area contributed by atoms with Crippen LogP contribution in [0.1, 0.15) is 39.3 Å². The van der Waals surface area contributed by atoms with E-state index < -0.39 is 23.7 Å². The van der Waals surface area contributed by atoms with Crippen LogP contribution in [0.25, 0.3) is 0 Å². The molecule has 0 saturated carbocycles. The standard InChI is InChI=1S/C18H26N2O4/c1-5-23-11-12-24-15-14(13-9-7-6-8-10-13)20(16(15)21)17(22)19-18(2,3)4/h6-10,14-15H,5,11-12H2,1-4H3,(H,19,22)/t14-,15+/m0/s1. The van der Waals surface area contributed by atoms with Gasteiger partial charge in [-0.25, -0.2) is 4.79 Å². The summed E-state index contributed by atoms with van der Waals surface area (Å²) >= 11 is 0. The highest BCUT2D eigenvalue weighted by molar-refractivity contribution is 6.03. The van der Waals surface area contributed by atoms with Crippen LogP contribution >= 0.6 is 0 Å². The number of hydrogen-bond acceptors (Lipinski definition) is 4. The summed E-state index contributed by atoms with van der Waals surface area (Å²) in [4.78, 5) is 26.1. The molecule has 1 aromatic rings. The fraction of sp³-hybridized carbons (Fsp3) is 0.556. The maximum atomic E-state index is 12.5. The second kappa shape index (κ2) is 7.77. The smallest absolute Gasteiger partial charge is 0.325 e. The van der Waals surface area contributed by atoms with Crippen molar-refractivity contribution in [2.75, 3.05) is 19.8 Å². The van der Waals surface area contributed by atoms with Gasteiger partial charge in [-0.15, -0.1) is 0 Å². The first-order valence-corrected chi connectivity index (χ1v) is 8.24. The number of benzene rings is 1. The molecule has 6 heteroatoms. The Morgan fingerprint density at radius 1 is 1.21 bits per heavy atom. The van der Waals surface area contributed by atoms with Gasteiger partial charge >= 0.3 is 6.03 Å². The molecule has 0 bridgehead atoms. The highest BCUT2D eigenvalue weighted by Gasteiger charge is 2.52. The van der Waals surface area contributed by atoms with Crippen molar-refractivity contribution in [2.45, 2.75) is 45.4 Å². The normalized spacial score (nSPS) is 20.7.